The first-order chi connectivity index (χ1) is 12.3. The Labute approximate surface area is 149 Å². The average Bonchev–Trinajstić information content (AvgIpc) is 2.67. The zero-order valence-corrected chi connectivity index (χ0v) is 15.0. The van der Waals surface area contributed by atoms with Crippen LogP contribution in [0, 0.1) is 12.0 Å². The van der Waals surface area contributed by atoms with Crippen molar-refractivity contribution in [3.63, 3.8) is 0 Å². The van der Waals surface area contributed by atoms with Gasteiger partial charge in [0, 0.05) is 30.4 Å². The quantitative estimate of drug-likeness (QED) is 0.745. The van der Waals surface area contributed by atoms with E-state index >= 15 is 0 Å². The number of anilines is 1. The third kappa shape index (κ3) is 3.34. The van der Waals surface area contributed by atoms with Gasteiger partial charge in [0.1, 0.15) is 6.11 Å². The predicted molar refractivity (Wildman–Crippen MR) is 103 cm³/mol. The van der Waals surface area contributed by atoms with E-state index in [1.807, 2.05) is 12.1 Å². The van der Waals surface area contributed by atoms with Crippen LogP contribution in [-0.4, -0.2) is 13.7 Å². The highest BCUT2D eigenvalue weighted by Crippen LogP contribution is 2.40. The highest BCUT2D eigenvalue weighted by Gasteiger charge is 2.23. The molecule has 3 rings (SSSR count). The highest BCUT2D eigenvalue weighted by molar-refractivity contribution is 5.84. The standard InChI is InChI=1S/C22H23NO2/c1-4-16-25-22-18(12-8-14-21(22)24-3)19(5-2)23-15-9-11-17-10-6-7-13-20(17)23/h5-8,10,12-14H,9,11,15H2,1-3H3/b19-5+. The number of fused-ring (bicyclic) bond motifs is 1. The largest absolute Gasteiger partial charge is 0.493 e. The van der Waals surface area contributed by atoms with Crippen LogP contribution in [0.15, 0.2) is 48.5 Å². The van der Waals surface area contributed by atoms with Gasteiger partial charge in [-0.15, -0.1) is 0 Å². The van der Waals surface area contributed by atoms with Crippen molar-refractivity contribution in [2.45, 2.75) is 26.7 Å². The van der Waals surface area contributed by atoms with Gasteiger partial charge in [-0.3, -0.25) is 0 Å². The van der Waals surface area contributed by atoms with E-state index in [0.717, 1.165) is 30.6 Å². The summed E-state index contributed by atoms with van der Waals surface area (Å²) in [5.74, 6) is 4.13. The third-order valence-electron chi connectivity index (χ3n) is 4.40. The predicted octanol–water partition coefficient (Wildman–Crippen LogP) is 4.87. The monoisotopic (exact) mass is 333 g/mol. The topological polar surface area (TPSA) is 21.7 Å². The summed E-state index contributed by atoms with van der Waals surface area (Å²) in [5.41, 5.74) is 4.74. The number of hydrogen-bond acceptors (Lipinski definition) is 3. The molecule has 0 N–H and O–H groups in total. The summed E-state index contributed by atoms with van der Waals surface area (Å²) < 4.78 is 11.2. The molecule has 0 radical (unpaired) electrons. The number of aryl methyl sites for hydroxylation is 1. The molecule has 0 saturated heterocycles. The summed E-state index contributed by atoms with van der Waals surface area (Å²) in [6.45, 7) is 4.79. The fourth-order valence-corrected chi connectivity index (χ4v) is 3.33. The highest BCUT2D eigenvalue weighted by atomic mass is 16.5. The summed E-state index contributed by atoms with van der Waals surface area (Å²) in [4.78, 5) is 2.36. The van der Waals surface area contributed by atoms with Crippen LogP contribution >= 0.6 is 0 Å². The van der Waals surface area contributed by atoms with Crippen LogP contribution < -0.4 is 14.4 Å². The summed E-state index contributed by atoms with van der Waals surface area (Å²) in [6, 6.07) is 14.5. The zero-order valence-electron chi connectivity index (χ0n) is 15.0. The molecule has 3 heteroatoms. The van der Waals surface area contributed by atoms with Crippen molar-refractivity contribution < 1.29 is 9.47 Å². The summed E-state index contributed by atoms with van der Waals surface area (Å²) in [6.07, 6.45) is 7.08. The Balaban J connectivity index is 2.10. The molecule has 3 nitrogen and oxygen atoms in total. The van der Waals surface area contributed by atoms with E-state index in [1.54, 1.807) is 14.0 Å². The molecule has 0 unspecified atom stereocenters. The van der Waals surface area contributed by atoms with Crippen LogP contribution in [0.3, 0.4) is 0 Å². The molecule has 1 aliphatic heterocycles. The molecule has 0 saturated carbocycles. The lowest BCUT2D eigenvalue weighted by Crippen LogP contribution is -2.28. The molecule has 0 aromatic heterocycles. The van der Waals surface area contributed by atoms with Gasteiger partial charge in [0.05, 0.1) is 7.11 Å². The number of rotatable bonds is 4. The van der Waals surface area contributed by atoms with Gasteiger partial charge >= 0.3 is 0 Å². The second-order valence-electron chi connectivity index (χ2n) is 5.85. The number of benzene rings is 2. The van der Waals surface area contributed by atoms with Crippen molar-refractivity contribution in [3.05, 3.63) is 59.7 Å². The zero-order chi connectivity index (χ0) is 17.6. The Bertz CT molecular complexity index is 843. The molecule has 0 aliphatic carbocycles. The first-order valence-corrected chi connectivity index (χ1v) is 8.58. The molecule has 25 heavy (non-hydrogen) atoms. The summed E-state index contributed by atoms with van der Waals surface area (Å²) in [7, 11) is 1.65. The Morgan fingerprint density at radius 2 is 2.00 bits per heavy atom. The summed E-state index contributed by atoms with van der Waals surface area (Å²) in [5, 5.41) is 0. The smallest absolute Gasteiger partial charge is 0.191 e. The molecule has 0 spiro atoms. The lowest BCUT2D eigenvalue weighted by Gasteiger charge is -2.33. The van der Waals surface area contributed by atoms with E-state index in [2.05, 4.69) is 60.3 Å². The maximum atomic E-state index is 5.72. The minimum atomic E-state index is 0.663. The van der Waals surface area contributed by atoms with Crippen molar-refractivity contribution in [1.29, 1.82) is 0 Å². The van der Waals surface area contributed by atoms with Crippen molar-refractivity contribution in [1.82, 2.24) is 0 Å². The number of nitrogens with zero attached hydrogens (tertiary/aromatic N) is 1. The molecular weight excluding hydrogens is 310 g/mol. The number of methoxy groups -OCH3 is 1. The lowest BCUT2D eigenvalue weighted by atomic mass is 9.99. The molecule has 0 amide bonds. The van der Waals surface area contributed by atoms with Gasteiger partial charge in [-0.2, -0.15) is 0 Å². The minimum Gasteiger partial charge on any atom is -0.493 e. The third-order valence-corrected chi connectivity index (χ3v) is 4.40. The van der Waals surface area contributed by atoms with E-state index in [0.29, 0.717) is 11.5 Å². The Hall–Kier alpha value is -2.86. The summed E-state index contributed by atoms with van der Waals surface area (Å²) >= 11 is 0. The second kappa shape index (κ2) is 7.81. The number of ether oxygens (including phenoxy) is 2. The molecule has 1 heterocycles. The van der Waals surface area contributed by atoms with E-state index in [9.17, 15) is 0 Å². The van der Waals surface area contributed by atoms with Crippen LogP contribution in [0.5, 0.6) is 11.5 Å². The van der Waals surface area contributed by atoms with E-state index in [4.69, 9.17) is 9.47 Å². The first-order valence-electron chi connectivity index (χ1n) is 8.58. The molecule has 0 atom stereocenters. The van der Waals surface area contributed by atoms with Gasteiger partial charge in [-0.1, -0.05) is 36.3 Å². The maximum Gasteiger partial charge on any atom is 0.191 e. The van der Waals surface area contributed by atoms with Crippen LogP contribution in [0.4, 0.5) is 5.69 Å². The lowest BCUT2D eigenvalue weighted by molar-refractivity contribution is 0.385. The number of hydrogen-bond donors (Lipinski definition) is 0. The van der Waals surface area contributed by atoms with E-state index in [-0.39, 0.29) is 0 Å². The van der Waals surface area contributed by atoms with Crippen LogP contribution in [0.25, 0.3) is 5.70 Å². The Morgan fingerprint density at radius 3 is 2.76 bits per heavy atom. The molecular formula is C22H23NO2. The molecule has 128 valence electrons. The first kappa shape index (κ1) is 17.0. The fourth-order valence-electron chi connectivity index (χ4n) is 3.33. The van der Waals surface area contributed by atoms with Gasteiger partial charge in [-0.25, -0.2) is 0 Å². The van der Waals surface area contributed by atoms with Gasteiger partial charge < -0.3 is 14.4 Å². The van der Waals surface area contributed by atoms with Crippen LogP contribution in [0.1, 0.15) is 31.4 Å². The van der Waals surface area contributed by atoms with Gasteiger partial charge in [-0.05, 0) is 43.5 Å². The maximum absolute atomic E-state index is 5.72. The fraction of sp³-hybridized carbons (Fsp3) is 0.273. The van der Waals surface area contributed by atoms with Gasteiger partial charge in [0.2, 0.25) is 0 Å². The number of allylic oxidation sites excluding steroid dienone is 1. The van der Waals surface area contributed by atoms with Crippen molar-refractivity contribution >= 4 is 11.4 Å². The van der Waals surface area contributed by atoms with Gasteiger partial charge in [0.25, 0.3) is 0 Å². The average molecular weight is 333 g/mol. The van der Waals surface area contributed by atoms with Crippen molar-refractivity contribution in [2.24, 2.45) is 0 Å². The van der Waals surface area contributed by atoms with Crippen LogP contribution in [0.2, 0.25) is 0 Å². The van der Waals surface area contributed by atoms with Crippen molar-refractivity contribution in [2.75, 3.05) is 18.6 Å². The molecule has 0 bridgehead atoms. The van der Waals surface area contributed by atoms with Crippen LogP contribution in [-0.2, 0) is 6.42 Å². The normalized spacial score (nSPS) is 13.6. The number of para-hydroxylation sites is 2. The van der Waals surface area contributed by atoms with E-state index < -0.39 is 0 Å². The Kier molecular flexibility index (Phi) is 5.30. The molecule has 1 aliphatic rings. The minimum absolute atomic E-state index is 0.663. The van der Waals surface area contributed by atoms with Gasteiger partial charge in [0.15, 0.2) is 11.5 Å². The SMILES string of the molecule is CC#COc1c(OC)cccc1/C(=C\C)N1CCCc2ccccc21. The van der Waals surface area contributed by atoms with Crippen molar-refractivity contribution in [3.8, 4) is 23.5 Å². The molecule has 0 fully saturated rings. The Morgan fingerprint density at radius 1 is 1.16 bits per heavy atom. The van der Waals surface area contributed by atoms with E-state index in [1.165, 1.54) is 11.3 Å². The molecule has 2 aromatic rings. The second-order valence-corrected chi connectivity index (χ2v) is 5.85. The molecule has 2 aromatic carbocycles.